The van der Waals surface area contributed by atoms with Gasteiger partial charge in [0.15, 0.2) is 0 Å². The Morgan fingerprint density at radius 1 is 1.20 bits per heavy atom. The second kappa shape index (κ2) is 6.63. The highest BCUT2D eigenvalue weighted by Gasteiger charge is 2.29. The first kappa shape index (κ1) is 14.2. The minimum atomic E-state index is -0.903. The fraction of sp³-hybridized carbons (Fsp3) is 0.900. The minimum absolute atomic E-state index is 0.245. The molecule has 2 amide bonds. The monoisotopic (exact) mass is 218 g/mol. The normalized spacial score (nSPS) is 11.3. The minimum Gasteiger partial charge on any atom is -0.394 e. The first-order chi connectivity index (χ1) is 7.09. The van der Waals surface area contributed by atoms with E-state index >= 15 is 0 Å². The molecule has 0 heterocycles. The zero-order chi connectivity index (χ0) is 11.9. The summed E-state index contributed by atoms with van der Waals surface area (Å²) in [6, 6.07) is -0.245. The second-order valence-electron chi connectivity index (χ2n) is 3.55. The molecule has 0 fully saturated rings. The Kier molecular flexibility index (Phi) is 6.27. The van der Waals surface area contributed by atoms with Gasteiger partial charge in [-0.3, -0.25) is 0 Å². The zero-order valence-electron chi connectivity index (χ0n) is 9.79. The number of aliphatic hydroxyl groups is 2. The van der Waals surface area contributed by atoms with Gasteiger partial charge in [0.25, 0.3) is 0 Å². The fourth-order valence-corrected chi connectivity index (χ4v) is 1.26. The Hall–Kier alpha value is -0.810. The molecule has 0 unspecified atom stereocenters. The number of urea groups is 1. The number of hydrogen-bond donors (Lipinski definition) is 3. The number of nitrogens with one attached hydrogen (secondary N) is 1. The van der Waals surface area contributed by atoms with E-state index in [1.54, 1.807) is 4.90 Å². The van der Waals surface area contributed by atoms with Gasteiger partial charge in [0.1, 0.15) is 0 Å². The van der Waals surface area contributed by atoms with Crippen molar-refractivity contribution >= 4 is 6.03 Å². The number of amides is 2. The molecule has 90 valence electrons. The van der Waals surface area contributed by atoms with E-state index in [-0.39, 0.29) is 19.2 Å². The Morgan fingerprint density at radius 3 is 1.93 bits per heavy atom. The van der Waals surface area contributed by atoms with Crippen LogP contribution in [0.25, 0.3) is 0 Å². The lowest BCUT2D eigenvalue weighted by Crippen LogP contribution is -2.57. The van der Waals surface area contributed by atoms with E-state index in [4.69, 9.17) is 10.2 Å². The van der Waals surface area contributed by atoms with Gasteiger partial charge in [-0.2, -0.15) is 0 Å². The Bertz CT molecular complexity index is 181. The molecule has 0 spiro atoms. The number of rotatable bonds is 6. The summed E-state index contributed by atoms with van der Waals surface area (Å²) in [5.41, 5.74) is -0.903. The van der Waals surface area contributed by atoms with Crippen molar-refractivity contribution in [1.82, 2.24) is 10.2 Å². The predicted octanol–water partition coefficient (Wildman–Crippen LogP) is 0.171. The van der Waals surface area contributed by atoms with Gasteiger partial charge < -0.3 is 20.4 Å². The number of carbonyl (C=O) groups excluding carboxylic acids is 1. The van der Waals surface area contributed by atoms with Gasteiger partial charge in [0, 0.05) is 13.1 Å². The molecule has 3 N–H and O–H groups in total. The zero-order valence-corrected chi connectivity index (χ0v) is 9.79. The molecular weight excluding hydrogens is 196 g/mol. The molecule has 0 radical (unpaired) electrons. The van der Waals surface area contributed by atoms with E-state index < -0.39 is 5.54 Å². The molecule has 0 aromatic heterocycles. The average molecular weight is 218 g/mol. The van der Waals surface area contributed by atoms with Crippen LogP contribution >= 0.6 is 0 Å². The van der Waals surface area contributed by atoms with Gasteiger partial charge in [0.05, 0.1) is 18.8 Å². The van der Waals surface area contributed by atoms with Crippen LogP contribution in [-0.2, 0) is 0 Å². The third-order valence-electron chi connectivity index (χ3n) is 2.70. The van der Waals surface area contributed by atoms with Gasteiger partial charge in [0.2, 0.25) is 0 Å². The van der Waals surface area contributed by atoms with Crippen molar-refractivity contribution < 1.29 is 15.0 Å². The number of nitrogens with zero attached hydrogens (tertiary/aromatic N) is 1. The smallest absolute Gasteiger partial charge is 0.317 e. The van der Waals surface area contributed by atoms with Crippen molar-refractivity contribution in [3.05, 3.63) is 0 Å². The first-order valence-electron chi connectivity index (χ1n) is 5.37. The summed E-state index contributed by atoms with van der Waals surface area (Å²) in [4.78, 5) is 13.3. The molecule has 0 aromatic rings. The molecule has 0 aliphatic heterocycles. The fourth-order valence-electron chi connectivity index (χ4n) is 1.26. The van der Waals surface area contributed by atoms with Crippen LogP contribution in [-0.4, -0.2) is 53.0 Å². The van der Waals surface area contributed by atoms with E-state index in [1.807, 2.05) is 20.8 Å². The van der Waals surface area contributed by atoms with Crippen LogP contribution in [0, 0.1) is 0 Å². The predicted molar refractivity (Wildman–Crippen MR) is 58.6 cm³/mol. The van der Waals surface area contributed by atoms with E-state index in [9.17, 15) is 4.79 Å². The summed E-state index contributed by atoms with van der Waals surface area (Å²) in [7, 11) is 0. The van der Waals surface area contributed by atoms with Gasteiger partial charge in [-0.25, -0.2) is 4.79 Å². The van der Waals surface area contributed by atoms with Crippen molar-refractivity contribution in [2.24, 2.45) is 0 Å². The number of carbonyl (C=O) groups is 1. The summed E-state index contributed by atoms with van der Waals surface area (Å²) in [5.74, 6) is 0. The second-order valence-corrected chi connectivity index (χ2v) is 3.55. The molecule has 15 heavy (non-hydrogen) atoms. The summed E-state index contributed by atoms with van der Waals surface area (Å²) < 4.78 is 0. The maximum atomic E-state index is 11.7. The van der Waals surface area contributed by atoms with E-state index in [0.717, 1.165) is 0 Å². The van der Waals surface area contributed by atoms with Crippen molar-refractivity contribution in [2.75, 3.05) is 26.3 Å². The van der Waals surface area contributed by atoms with Crippen LogP contribution in [0.3, 0.4) is 0 Å². The first-order valence-corrected chi connectivity index (χ1v) is 5.37. The third kappa shape index (κ3) is 3.68. The summed E-state index contributed by atoms with van der Waals surface area (Å²) in [6.45, 7) is 6.29. The molecule has 0 aromatic carbocycles. The van der Waals surface area contributed by atoms with Crippen LogP contribution in [0.5, 0.6) is 0 Å². The van der Waals surface area contributed by atoms with Crippen LogP contribution in [0.2, 0.25) is 0 Å². The molecule has 5 heteroatoms. The standard InChI is InChI=1S/C10H22N2O3/c1-4-10(7-13,8-14)11-9(15)12(5-2)6-3/h13-14H,4-8H2,1-3H3,(H,11,15). The Balaban J connectivity index is 4.46. The van der Waals surface area contributed by atoms with Crippen LogP contribution in [0.4, 0.5) is 4.79 Å². The van der Waals surface area contributed by atoms with E-state index in [1.165, 1.54) is 0 Å². The summed E-state index contributed by atoms with van der Waals surface area (Å²) in [6.07, 6.45) is 0.493. The lowest BCUT2D eigenvalue weighted by Gasteiger charge is -2.32. The lowest BCUT2D eigenvalue weighted by atomic mass is 9.99. The van der Waals surface area contributed by atoms with Crippen molar-refractivity contribution in [3.8, 4) is 0 Å². The molecule has 0 aliphatic carbocycles. The van der Waals surface area contributed by atoms with Crippen LogP contribution < -0.4 is 5.32 Å². The molecule has 0 bridgehead atoms. The van der Waals surface area contributed by atoms with Gasteiger partial charge in [-0.05, 0) is 20.3 Å². The molecular formula is C10H22N2O3. The number of hydrogen-bond acceptors (Lipinski definition) is 3. The molecule has 0 aliphatic rings. The molecule has 0 saturated carbocycles. The van der Waals surface area contributed by atoms with E-state index in [0.29, 0.717) is 19.5 Å². The summed E-state index contributed by atoms with van der Waals surface area (Å²) >= 11 is 0. The highest BCUT2D eigenvalue weighted by molar-refractivity contribution is 5.75. The molecule has 0 rings (SSSR count). The van der Waals surface area contributed by atoms with Gasteiger partial charge in [-0.1, -0.05) is 6.92 Å². The summed E-state index contributed by atoms with van der Waals surface area (Å²) in [5, 5.41) is 21.0. The number of aliphatic hydroxyl groups excluding tert-OH is 2. The van der Waals surface area contributed by atoms with Crippen LogP contribution in [0.1, 0.15) is 27.2 Å². The molecule has 0 atom stereocenters. The van der Waals surface area contributed by atoms with Crippen molar-refractivity contribution in [1.29, 1.82) is 0 Å². The quantitative estimate of drug-likeness (QED) is 0.595. The lowest BCUT2D eigenvalue weighted by molar-refractivity contribution is 0.0870. The molecule has 5 nitrogen and oxygen atoms in total. The highest BCUT2D eigenvalue weighted by atomic mass is 16.3. The Morgan fingerprint density at radius 2 is 1.67 bits per heavy atom. The Labute approximate surface area is 91.1 Å². The van der Waals surface area contributed by atoms with Crippen molar-refractivity contribution in [2.45, 2.75) is 32.7 Å². The maximum absolute atomic E-state index is 11.7. The van der Waals surface area contributed by atoms with Gasteiger partial charge >= 0.3 is 6.03 Å². The topological polar surface area (TPSA) is 72.8 Å². The van der Waals surface area contributed by atoms with Gasteiger partial charge in [-0.15, -0.1) is 0 Å². The SMILES string of the molecule is CCN(CC)C(=O)NC(CC)(CO)CO. The maximum Gasteiger partial charge on any atom is 0.317 e. The van der Waals surface area contributed by atoms with Crippen molar-refractivity contribution in [3.63, 3.8) is 0 Å². The third-order valence-corrected chi connectivity index (χ3v) is 2.70. The molecule has 0 saturated heterocycles. The largest absolute Gasteiger partial charge is 0.394 e. The van der Waals surface area contributed by atoms with E-state index in [2.05, 4.69) is 5.32 Å². The van der Waals surface area contributed by atoms with Crippen LogP contribution in [0.15, 0.2) is 0 Å². The average Bonchev–Trinajstić information content (AvgIpc) is 2.28. The highest BCUT2D eigenvalue weighted by Crippen LogP contribution is 2.09.